The van der Waals surface area contributed by atoms with Crippen LogP contribution in [0.15, 0.2) is 30.8 Å². The number of hydrogen-bond acceptors (Lipinski definition) is 1. The van der Waals surface area contributed by atoms with E-state index >= 15 is 0 Å². The maximum absolute atomic E-state index is 5.30. The zero-order valence-electron chi connectivity index (χ0n) is 7.29. The minimum atomic E-state index is 0.327. The lowest BCUT2D eigenvalue weighted by molar-refractivity contribution is 0.920. The van der Waals surface area contributed by atoms with E-state index in [1.165, 1.54) is 0 Å². The number of benzene rings is 1. The third-order valence-corrected chi connectivity index (χ3v) is 1.83. The van der Waals surface area contributed by atoms with E-state index in [4.69, 9.17) is 18.0 Å². The highest BCUT2D eigenvalue weighted by Gasteiger charge is 1.92. The van der Waals surface area contributed by atoms with Gasteiger partial charge in [0.15, 0.2) is 5.11 Å². The van der Waals surface area contributed by atoms with Crippen LogP contribution in [0.4, 0.5) is 0 Å². The third-order valence-electron chi connectivity index (χ3n) is 1.68. The summed E-state index contributed by atoms with van der Waals surface area (Å²) < 4.78 is 0. The summed E-state index contributed by atoms with van der Waals surface area (Å²) in [6, 6.07) is 8.04. The maximum Gasteiger partial charge on any atom is 0.163 e. The zero-order chi connectivity index (χ0) is 9.68. The van der Waals surface area contributed by atoms with Crippen LogP contribution >= 0.6 is 12.2 Å². The van der Waals surface area contributed by atoms with Gasteiger partial charge in [-0.15, -0.1) is 0 Å². The van der Waals surface area contributed by atoms with Gasteiger partial charge in [0.2, 0.25) is 0 Å². The van der Waals surface area contributed by atoms with Gasteiger partial charge < -0.3 is 11.1 Å². The molecule has 13 heavy (non-hydrogen) atoms. The van der Waals surface area contributed by atoms with Crippen molar-refractivity contribution in [2.45, 2.75) is 6.54 Å². The Morgan fingerprint density at radius 2 is 2.08 bits per heavy atom. The first kappa shape index (κ1) is 9.74. The van der Waals surface area contributed by atoms with Gasteiger partial charge in [-0.05, 0) is 23.3 Å². The highest BCUT2D eigenvalue weighted by atomic mass is 32.1. The van der Waals surface area contributed by atoms with Crippen molar-refractivity contribution in [2.75, 3.05) is 0 Å². The number of hydrogen-bond donors (Lipinski definition) is 2. The first-order chi connectivity index (χ1) is 6.22. The molecule has 0 bridgehead atoms. The molecule has 68 valence electrons. The van der Waals surface area contributed by atoms with Gasteiger partial charge in [0.05, 0.1) is 0 Å². The highest BCUT2D eigenvalue weighted by molar-refractivity contribution is 7.80. The molecule has 0 aliphatic carbocycles. The number of thiocarbonyl (C=S) groups is 1. The Morgan fingerprint density at radius 1 is 1.46 bits per heavy atom. The van der Waals surface area contributed by atoms with E-state index in [-0.39, 0.29) is 0 Å². The summed E-state index contributed by atoms with van der Waals surface area (Å²) in [7, 11) is 0. The molecule has 0 aliphatic heterocycles. The second kappa shape index (κ2) is 4.62. The van der Waals surface area contributed by atoms with E-state index in [9.17, 15) is 0 Å². The molecule has 0 atom stereocenters. The second-order valence-electron chi connectivity index (χ2n) is 2.66. The molecule has 1 aromatic rings. The molecule has 0 heterocycles. The van der Waals surface area contributed by atoms with Crippen LogP contribution in [0.2, 0.25) is 0 Å². The largest absolute Gasteiger partial charge is 0.376 e. The average molecular weight is 192 g/mol. The van der Waals surface area contributed by atoms with Crippen molar-refractivity contribution in [3.8, 4) is 0 Å². The fourth-order valence-corrected chi connectivity index (χ4v) is 1.03. The molecule has 3 heteroatoms. The van der Waals surface area contributed by atoms with Gasteiger partial charge in [-0.25, -0.2) is 0 Å². The minimum Gasteiger partial charge on any atom is -0.376 e. The standard InChI is InChI=1S/C10H12N2S/c1-2-8-3-5-9(6-4-8)7-12-10(11)13/h2-6H,1,7H2,(H3,11,12,13). The fraction of sp³-hybridized carbons (Fsp3) is 0.100. The summed E-state index contributed by atoms with van der Waals surface area (Å²) in [5.41, 5.74) is 7.56. The molecule has 0 aromatic heterocycles. The first-order valence-electron chi connectivity index (χ1n) is 3.97. The van der Waals surface area contributed by atoms with Crippen LogP contribution in [0.1, 0.15) is 11.1 Å². The van der Waals surface area contributed by atoms with E-state index in [2.05, 4.69) is 11.9 Å². The molecule has 0 saturated carbocycles. The smallest absolute Gasteiger partial charge is 0.163 e. The topological polar surface area (TPSA) is 38.0 Å². The Balaban J connectivity index is 2.59. The van der Waals surface area contributed by atoms with Crippen molar-refractivity contribution in [2.24, 2.45) is 5.73 Å². The molecule has 0 spiro atoms. The predicted molar refractivity (Wildman–Crippen MR) is 60.2 cm³/mol. The van der Waals surface area contributed by atoms with Crippen LogP contribution < -0.4 is 11.1 Å². The molecule has 1 aromatic carbocycles. The minimum absolute atomic E-state index is 0.327. The van der Waals surface area contributed by atoms with E-state index in [1.807, 2.05) is 30.3 Å². The molecule has 0 amide bonds. The Morgan fingerprint density at radius 3 is 2.54 bits per heavy atom. The van der Waals surface area contributed by atoms with Gasteiger partial charge in [0.1, 0.15) is 0 Å². The van der Waals surface area contributed by atoms with Gasteiger partial charge in [-0.3, -0.25) is 0 Å². The molecule has 0 saturated heterocycles. The molecule has 2 nitrogen and oxygen atoms in total. The fourth-order valence-electron chi connectivity index (χ4n) is 0.961. The van der Waals surface area contributed by atoms with Gasteiger partial charge in [0, 0.05) is 6.54 Å². The molecule has 0 radical (unpaired) electrons. The lowest BCUT2D eigenvalue weighted by Crippen LogP contribution is -2.28. The second-order valence-corrected chi connectivity index (χ2v) is 3.10. The van der Waals surface area contributed by atoms with Gasteiger partial charge in [0.25, 0.3) is 0 Å². The van der Waals surface area contributed by atoms with Gasteiger partial charge >= 0.3 is 0 Å². The van der Waals surface area contributed by atoms with Crippen LogP contribution in [-0.2, 0) is 6.54 Å². The maximum atomic E-state index is 5.30. The predicted octanol–water partition coefficient (Wildman–Crippen LogP) is 1.66. The SMILES string of the molecule is C=Cc1ccc(CNC(N)=S)cc1. The summed E-state index contributed by atoms with van der Waals surface area (Å²) in [4.78, 5) is 0. The Bertz CT molecular complexity index is 303. The molecular weight excluding hydrogens is 180 g/mol. The summed E-state index contributed by atoms with van der Waals surface area (Å²) in [5.74, 6) is 0. The zero-order valence-corrected chi connectivity index (χ0v) is 8.10. The van der Waals surface area contributed by atoms with Crippen molar-refractivity contribution in [3.05, 3.63) is 42.0 Å². The van der Waals surface area contributed by atoms with E-state index < -0.39 is 0 Å². The van der Waals surface area contributed by atoms with Crippen molar-refractivity contribution in [1.29, 1.82) is 0 Å². The third kappa shape index (κ3) is 3.25. The van der Waals surface area contributed by atoms with E-state index in [0.717, 1.165) is 11.1 Å². The molecule has 0 unspecified atom stereocenters. The van der Waals surface area contributed by atoms with Crippen LogP contribution in [0.3, 0.4) is 0 Å². The summed E-state index contributed by atoms with van der Waals surface area (Å²) in [6.07, 6.45) is 1.81. The van der Waals surface area contributed by atoms with Crippen molar-refractivity contribution >= 4 is 23.4 Å². The van der Waals surface area contributed by atoms with Crippen LogP contribution in [-0.4, -0.2) is 5.11 Å². The summed E-state index contributed by atoms with van der Waals surface area (Å²) in [6.45, 7) is 4.35. The quantitative estimate of drug-likeness (QED) is 0.715. The Kier molecular flexibility index (Phi) is 3.46. The number of rotatable bonds is 3. The normalized spacial score (nSPS) is 9.23. The molecular formula is C10H12N2S. The summed E-state index contributed by atoms with van der Waals surface area (Å²) >= 11 is 4.69. The number of nitrogens with two attached hydrogens (primary N) is 1. The lowest BCUT2D eigenvalue weighted by Gasteiger charge is -2.03. The van der Waals surface area contributed by atoms with E-state index in [0.29, 0.717) is 11.7 Å². The molecule has 3 N–H and O–H groups in total. The monoisotopic (exact) mass is 192 g/mol. The van der Waals surface area contributed by atoms with Crippen LogP contribution in [0.25, 0.3) is 6.08 Å². The average Bonchev–Trinajstić information content (AvgIpc) is 2.15. The van der Waals surface area contributed by atoms with E-state index in [1.54, 1.807) is 0 Å². The molecule has 0 fully saturated rings. The van der Waals surface area contributed by atoms with Gasteiger partial charge in [-0.2, -0.15) is 0 Å². The Hall–Kier alpha value is -1.35. The van der Waals surface area contributed by atoms with Crippen LogP contribution in [0, 0.1) is 0 Å². The molecule has 0 aliphatic rings. The van der Waals surface area contributed by atoms with Crippen molar-refractivity contribution < 1.29 is 0 Å². The summed E-state index contributed by atoms with van der Waals surface area (Å²) in [5, 5.41) is 3.21. The van der Waals surface area contributed by atoms with Crippen LogP contribution in [0.5, 0.6) is 0 Å². The first-order valence-corrected chi connectivity index (χ1v) is 4.38. The Labute approximate surface area is 83.5 Å². The van der Waals surface area contributed by atoms with Crippen molar-refractivity contribution in [1.82, 2.24) is 5.32 Å². The molecule has 1 rings (SSSR count). The van der Waals surface area contributed by atoms with Crippen molar-refractivity contribution in [3.63, 3.8) is 0 Å². The highest BCUT2D eigenvalue weighted by Crippen LogP contribution is 2.04. The van der Waals surface area contributed by atoms with Gasteiger partial charge in [-0.1, -0.05) is 36.9 Å². The lowest BCUT2D eigenvalue weighted by atomic mass is 10.1. The number of nitrogens with one attached hydrogen (secondary N) is 1.